The summed E-state index contributed by atoms with van der Waals surface area (Å²) < 4.78 is 5.11. The monoisotopic (exact) mass is 527 g/mol. The topological polar surface area (TPSA) is 117 Å². The second-order valence-electron chi connectivity index (χ2n) is 7.54. The van der Waals surface area contributed by atoms with Crippen molar-refractivity contribution >= 4 is 52.4 Å². The number of carbonyl (C=O) groups is 3. The summed E-state index contributed by atoms with van der Waals surface area (Å²) in [4.78, 5) is 37.9. The van der Waals surface area contributed by atoms with E-state index in [9.17, 15) is 19.6 Å². The molecule has 3 aromatic rings. The van der Waals surface area contributed by atoms with E-state index in [1.807, 2.05) is 0 Å². The number of amides is 2. The maximum Gasteiger partial charge on any atom is 0.328 e. The summed E-state index contributed by atoms with van der Waals surface area (Å²) in [6.07, 6.45) is 0.0998. The molecule has 0 radical (unpaired) electrons. The first-order chi connectivity index (χ1) is 17.3. The first-order valence-electron chi connectivity index (χ1n) is 10.9. The molecule has 0 aliphatic heterocycles. The van der Waals surface area contributed by atoms with Gasteiger partial charge in [-0.1, -0.05) is 76.9 Å². The second kappa shape index (κ2) is 12.7. The Balaban J connectivity index is 1.72. The Bertz CT molecular complexity index is 1240. The van der Waals surface area contributed by atoms with E-state index in [4.69, 9.17) is 27.9 Å². The SMILES string of the molecule is CCOC(=O)[C@H](Cc1ccc(NC(=O)c2c(Cl)cccc2Cl)cc1)NC(=O)C(=NO)c1ccccc1. The van der Waals surface area contributed by atoms with Crippen molar-refractivity contribution in [1.82, 2.24) is 5.32 Å². The molecular weight excluding hydrogens is 505 g/mol. The maximum absolute atomic E-state index is 12.8. The Morgan fingerprint density at radius 2 is 1.58 bits per heavy atom. The molecule has 186 valence electrons. The van der Waals surface area contributed by atoms with Crippen molar-refractivity contribution < 1.29 is 24.3 Å². The molecule has 0 fully saturated rings. The lowest BCUT2D eigenvalue weighted by Crippen LogP contribution is -2.46. The van der Waals surface area contributed by atoms with Crippen molar-refractivity contribution in [1.29, 1.82) is 0 Å². The number of anilines is 1. The van der Waals surface area contributed by atoms with Gasteiger partial charge in [-0.15, -0.1) is 0 Å². The summed E-state index contributed by atoms with van der Waals surface area (Å²) in [6.45, 7) is 1.78. The molecular formula is C26H23Cl2N3O5. The molecule has 8 nitrogen and oxygen atoms in total. The third-order valence-electron chi connectivity index (χ3n) is 5.08. The lowest BCUT2D eigenvalue weighted by molar-refractivity contribution is -0.146. The Kier molecular flexibility index (Phi) is 9.44. The highest BCUT2D eigenvalue weighted by atomic mass is 35.5. The second-order valence-corrected chi connectivity index (χ2v) is 8.36. The molecule has 2 amide bonds. The fraction of sp³-hybridized carbons (Fsp3) is 0.154. The Hall–Kier alpha value is -3.88. The number of rotatable bonds is 9. The van der Waals surface area contributed by atoms with E-state index in [1.165, 1.54) is 0 Å². The van der Waals surface area contributed by atoms with Gasteiger partial charge in [-0.2, -0.15) is 0 Å². The van der Waals surface area contributed by atoms with Crippen molar-refractivity contribution in [2.75, 3.05) is 11.9 Å². The van der Waals surface area contributed by atoms with Crippen LogP contribution in [-0.4, -0.2) is 41.4 Å². The van der Waals surface area contributed by atoms with Gasteiger partial charge in [-0.3, -0.25) is 9.59 Å². The van der Waals surface area contributed by atoms with Crippen molar-refractivity contribution in [2.24, 2.45) is 5.16 Å². The largest absolute Gasteiger partial charge is 0.464 e. The number of nitrogens with zero attached hydrogens (tertiary/aromatic N) is 1. The highest BCUT2D eigenvalue weighted by molar-refractivity contribution is 6.45. The Morgan fingerprint density at radius 3 is 2.17 bits per heavy atom. The zero-order valence-corrected chi connectivity index (χ0v) is 20.7. The van der Waals surface area contributed by atoms with E-state index in [0.29, 0.717) is 16.8 Å². The number of oxime groups is 1. The van der Waals surface area contributed by atoms with Crippen LogP contribution in [0.2, 0.25) is 10.0 Å². The molecule has 0 aliphatic carbocycles. The van der Waals surface area contributed by atoms with Crippen LogP contribution in [0.3, 0.4) is 0 Å². The average Bonchev–Trinajstić information content (AvgIpc) is 2.86. The zero-order chi connectivity index (χ0) is 26.1. The van der Waals surface area contributed by atoms with Gasteiger partial charge in [-0.25, -0.2) is 4.79 Å². The molecule has 1 atom stereocenters. The fourth-order valence-corrected chi connectivity index (χ4v) is 3.93. The number of nitrogens with one attached hydrogen (secondary N) is 2. The number of benzene rings is 3. The van der Waals surface area contributed by atoms with Gasteiger partial charge in [0.15, 0.2) is 5.71 Å². The summed E-state index contributed by atoms with van der Waals surface area (Å²) in [7, 11) is 0. The van der Waals surface area contributed by atoms with Crippen molar-refractivity contribution in [3.05, 3.63) is 99.5 Å². The normalized spacial score (nSPS) is 11.9. The number of hydrogen-bond acceptors (Lipinski definition) is 6. The average molecular weight is 528 g/mol. The third kappa shape index (κ3) is 6.84. The summed E-state index contributed by atoms with van der Waals surface area (Å²) in [6, 6.07) is 18.8. The molecule has 0 unspecified atom stereocenters. The van der Waals surface area contributed by atoms with Gasteiger partial charge in [0.25, 0.3) is 11.8 Å². The van der Waals surface area contributed by atoms with Gasteiger partial charge >= 0.3 is 5.97 Å². The molecule has 3 rings (SSSR count). The summed E-state index contributed by atoms with van der Waals surface area (Å²) in [5.41, 5.74) is 1.48. The van der Waals surface area contributed by atoms with Crippen molar-refractivity contribution in [3.8, 4) is 0 Å². The van der Waals surface area contributed by atoms with Crippen LogP contribution in [0.15, 0.2) is 78.0 Å². The van der Waals surface area contributed by atoms with Crippen molar-refractivity contribution in [3.63, 3.8) is 0 Å². The van der Waals surface area contributed by atoms with Gasteiger partial charge in [-0.05, 0) is 36.8 Å². The quantitative estimate of drug-likeness (QED) is 0.161. The van der Waals surface area contributed by atoms with Crippen molar-refractivity contribution in [2.45, 2.75) is 19.4 Å². The molecule has 0 heterocycles. The number of halogens is 2. The molecule has 0 aromatic heterocycles. The molecule has 0 spiro atoms. The van der Waals surface area contributed by atoms with Gasteiger partial charge in [0.05, 0.1) is 22.2 Å². The van der Waals surface area contributed by atoms with E-state index in [-0.39, 0.29) is 34.3 Å². The number of hydrogen-bond donors (Lipinski definition) is 3. The van der Waals surface area contributed by atoms with Gasteiger partial charge in [0.2, 0.25) is 0 Å². The van der Waals surface area contributed by atoms with E-state index >= 15 is 0 Å². The van der Waals surface area contributed by atoms with E-state index in [0.717, 1.165) is 0 Å². The minimum Gasteiger partial charge on any atom is -0.464 e. The standard InChI is InChI=1S/C26H23Cl2N3O5/c1-2-36-26(34)21(30-25(33)23(31-35)17-7-4-3-5-8-17)15-16-11-13-18(14-12-16)29-24(32)22-19(27)9-6-10-20(22)28/h3-14,21,35H,2,15H2,1H3,(H,29,32)(H,30,33)/t21-/m0/s1. The first kappa shape index (κ1) is 26.7. The molecule has 0 bridgehead atoms. The summed E-state index contributed by atoms with van der Waals surface area (Å²) in [5.74, 6) is -1.84. The predicted octanol–water partition coefficient (Wildman–Crippen LogP) is 4.71. The highest BCUT2D eigenvalue weighted by Crippen LogP contribution is 2.25. The van der Waals surface area contributed by atoms with Crippen LogP contribution in [0.5, 0.6) is 0 Å². The maximum atomic E-state index is 12.8. The molecule has 3 N–H and O–H groups in total. The van der Waals surface area contributed by atoms with Crippen LogP contribution in [0, 0.1) is 0 Å². The third-order valence-corrected chi connectivity index (χ3v) is 5.71. The number of ether oxygens (including phenoxy) is 1. The molecule has 36 heavy (non-hydrogen) atoms. The minimum absolute atomic E-state index is 0.0998. The lowest BCUT2D eigenvalue weighted by Gasteiger charge is -2.18. The summed E-state index contributed by atoms with van der Waals surface area (Å²) >= 11 is 12.2. The molecule has 0 aliphatic rings. The summed E-state index contributed by atoms with van der Waals surface area (Å²) in [5, 5.41) is 18.2. The van der Waals surface area contributed by atoms with Crippen LogP contribution < -0.4 is 10.6 Å². The fourth-order valence-electron chi connectivity index (χ4n) is 3.36. The van der Waals surface area contributed by atoms with Crippen LogP contribution in [-0.2, 0) is 20.7 Å². The zero-order valence-electron chi connectivity index (χ0n) is 19.2. The van der Waals surface area contributed by atoms with Gasteiger partial charge in [0.1, 0.15) is 6.04 Å². The smallest absolute Gasteiger partial charge is 0.328 e. The number of esters is 1. The van der Waals surface area contributed by atoms with Gasteiger partial charge in [0, 0.05) is 17.7 Å². The van der Waals surface area contributed by atoms with Crippen LogP contribution >= 0.6 is 23.2 Å². The van der Waals surface area contributed by atoms with E-state index in [2.05, 4.69) is 15.8 Å². The highest BCUT2D eigenvalue weighted by Gasteiger charge is 2.26. The van der Waals surface area contributed by atoms with E-state index < -0.39 is 23.8 Å². The molecule has 3 aromatic carbocycles. The predicted molar refractivity (Wildman–Crippen MR) is 138 cm³/mol. The van der Waals surface area contributed by atoms with Crippen LogP contribution in [0.4, 0.5) is 5.69 Å². The first-order valence-corrected chi connectivity index (χ1v) is 11.7. The Labute approximate surface area is 217 Å². The Morgan fingerprint density at radius 1 is 0.944 bits per heavy atom. The molecule has 0 saturated carbocycles. The lowest BCUT2D eigenvalue weighted by atomic mass is 10.0. The van der Waals surface area contributed by atoms with E-state index in [1.54, 1.807) is 79.7 Å². The van der Waals surface area contributed by atoms with Gasteiger partial charge < -0.3 is 20.6 Å². The molecule has 0 saturated heterocycles. The molecule has 10 heteroatoms. The van der Waals surface area contributed by atoms with Crippen LogP contribution in [0.1, 0.15) is 28.4 Å². The van der Waals surface area contributed by atoms with Crippen LogP contribution in [0.25, 0.3) is 0 Å². The minimum atomic E-state index is -1.04. The number of carbonyl (C=O) groups excluding carboxylic acids is 3.